The van der Waals surface area contributed by atoms with Crippen molar-refractivity contribution in [2.75, 3.05) is 13.2 Å². The van der Waals surface area contributed by atoms with Gasteiger partial charge in [-0.25, -0.2) is 0 Å². The van der Waals surface area contributed by atoms with Gasteiger partial charge in [-0.15, -0.1) is 0 Å². The number of rotatable bonds is 5. The molecule has 0 spiro atoms. The van der Waals surface area contributed by atoms with Gasteiger partial charge in [-0.3, -0.25) is 4.79 Å². The molecule has 0 amide bonds. The molecule has 1 atom stereocenters. The molecule has 0 saturated carbocycles. The Morgan fingerprint density at radius 1 is 1.54 bits per heavy atom. The summed E-state index contributed by atoms with van der Waals surface area (Å²) in [6.45, 7) is 2.99. The fourth-order valence-corrected chi connectivity index (χ4v) is 1.38. The molecule has 13 heavy (non-hydrogen) atoms. The van der Waals surface area contributed by atoms with Gasteiger partial charge >= 0.3 is 0 Å². The highest BCUT2D eigenvalue weighted by atomic mass is 16.7. The number of ketones is 1. The number of carbonyl (C=O) groups excluding carboxylic acids is 1. The van der Waals surface area contributed by atoms with E-state index in [0.29, 0.717) is 6.42 Å². The molecule has 1 fully saturated rings. The van der Waals surface area contributed by atoms with Crippen molar-refractivity contribution in [2.45, 2.75) is 45.3 Å². The summed E-state index contributed by atoms with van der Waals surface area (Å²) in [4.78, 5) is 11.1. The van der Waals surface area contributed by atoms with Crippen molar-refractivity contribution in [3.8, 4) is 0 Å². The van der Waals surface area contributed by atoms with Gasteiger partial charge in [0.1, 0.15) is 6.61 Å². The van der Waals surface area contributed by atoms with Gasteiger partial charge in [0, 0.05) is 13.0 Å². The standard InChI is InChI=1S/C10H18O3/c1-2-5-9(11)8-13-10-6-3-4-7-12-10/h10H,2-8H2,1H3. The van der Waals surface area contributed by atoms with Crippen LogP contribution in [0, 0.1) is 0 Å². The second-order valence-electron chi connectivity index (χ2n) is 3.40. The topological polar surface area (TPSA) is 35.5 Å². The molecule has 1 heterocycles. The Morgan fingerprint density at radius 3 is 3.00 bits per heavy atom. The van der Waals surface area contributed by atoms with E-state index in [2.05, 4.69) is 0 Å². The number of hydrogen-bond donors (Lipinski definition) is 0. The molecule has 3 nitrogen and oxygen atoms in total. The second-order valence-corrected chi connectivity index (χ2v) is 3.40. The third-order valence-corrected chi connectivity index (χ3v) is 2.10. The summed E-state index contributed by atoms with van der Waals surface area (Å²) in [5.41, 5.74) is 0. The minimum Gasteiger partial charge on any atom is -0.353 e. The van der Waals surface area contributed by atoms with Crippen molar-refractivity contribution >= 4 is 5.78 Å². The maximum atomic E-state index is 11.1. The largest absolute Gasteiger partial charge is 0.353 e. The number of carbonyl (C=O) groups is 1. The van der Waals surface area contributed by atoms with Gasteiger partial charge in [0.15, 0.2) is 12.1 Å². The lowest BCUT2D eigenvalue weighted by atomic mass is 10.2. The van der Waals surface area contributed by atoms with E-state index in [1.54, 1.807) is 0 Å². The van der Waals surface area contributed by atoms with Crippen LogP contribution in [0.4, 0.5) is 0 Å². The molecule has 1 aliphatic heterocycles. The molecule has 1 saturated heterocycles. The van der Waals surface area contributed by atoms with Crippen molar-refractivity contribution in [3.05, 3.63) is 0 Å². The minimum absolute atomic E-state index is 0.130. The molecule has 0 N–H and O–H groups in total. The first-order chi connectivity index (χ1) is 6.33. The van der Waals surface area contributed by atoms with Gasteiger partial charge in [-0.05, 0) is 25.7 Å². The molecule has 3 heteroatoms. The summed E-state index contributed by atoms with van der Waals surface area (Å²) < 4.78 is 10.7. The zero-order valence-electron chi connectivity index (χ0n) is 8.25. The molecule has 76 valence electrons. The van der Waals surface area contributed by atoms with Crippen LogP contribution in [0.5, 0.6) is 0 Å². The number of hydrogen-bond acceptors (Lipinski definition) is 3. The van der Waals surface area contributed by atoms with Crippen molar-refractivity contribution in [1.82, 2.24) is 0 Å². The van der Waals surface area contributed by atoms with Crippen LogP contribution in [0.3, 0.4) is 0 Å². The third-order valence-electron chi connectivity index (χ3n) is 2.10. The summed E-state index contributed by atoms with van der Waals surface area (Å²) in [7, 11) is 0. The Hall–Kier alpha value is -0.410. The summed E-state index contributed by atoms with van der Waals surface area (Å²) >= 11 is 0. The summed E-state index contributed by atoms with van der Waals surface area (Å²) in [6, 6.07) is 0. The van der Waals surface area contributed by atoms with E-state index in [9.17, 15) is 4.79 Å². The van der Waals surface area contributed by atoms with E-state index in [0.717, 1.165) is 32.3 Å². The van der Waals surface area contributed by atoms with Crippen LogP contribution in [-0.2, 0) is 14.3 Å². The maximum Gasteiger partial charge on any atom is 0.158 e. The van der Waals surface area contributed by atoms with Crippen LogP contribution in [0.25, 0.3) is 0 Å². The van der Waals surface area contributed by atoms with Crippen LogP contribution < -0.4 is 0 Å². The summed E-state index contributed by atoms with van der Waals surface area (Å²) in [6.07, 6.45) is 4.57. The first kappa shape index (κ1) is 10.7. The fraction of sp³-hybridized carbons (Fsp3) is 0.900. The molecule has 0 aromatic heterocycles. The van der Waals surface area contributed by atoms with Crippen molar-refractivity contribution < 1.29 is 14.3 Å². The van der Waals surface area contributed by atoms with E-state index in [4.69, 9.17) is 9.47 Å². The quantitative estimate of drug-likeness (QED) is 0.657. The van der Waals surface area contributed by atoms with Crippen molar-refractivity contribution in [1.29, 1.82) is 0 Å². The fourth-order valence-electron chi connectivity index (χ4n) is 1.38. The molecule has 0 aromatic carbocycles. The summed E-state index contributed by atoms with van der Waals surface area (Å²) in [5, 5.41) is 0. The minimum atomic E-state index is -0.130. The molecular formula is C10H18O3. The van der Waals surface area contributed by atoms with Crippen LogP contribution in [0.1, 0.15) is 39.0 Å². The Labute approximate surface area is 79.4 Å². The third kappa shape index (κ3) is 4.39. The van der Waals surface area contributed by atoms with Gasteiger partial charge in [0.25, 0.3) is 0 Å². The number of Topliss-reactive ketones (excluding diaryl/α,β-unsaturated/α-hetero) is 1. The highest BCUT2D eigenvalue weighted by molar-refractivity contribution is 5.79. The summed E-state index contributed by atoms with van der Waals surface area (Å²) in [5.74, 6) is 0.177. The first-order valence-electron chi connectivity index (χ1n) is 5.08. The van der Waals surface area contributed by atoms with Gasteiger partial charge in [0.05, 0.1) is 0 Å². The zero-order chi connectivity index (χ0) is 9.52. The monoisotopic (exact) mass is 186 g/mol. The lowest BCUT2D eigenvalue weighted by Gasteiger charge is -2.22. The van der Waals surface area contributed by atoms with E-state index in [1.165, 1.54) is 0 Å². The maximum absolute atomic E-state index is 11.1. The average Bonchev–Trinajstić information content (AvgIpc) is 2.17. The Morgan fingerprint density at radius 2 is 2.38 bits per heavy atom. The predicted molar refractivity (Wildman–Crippen MR) is 49.5 cm³/mol. The van der Waals surface area contributed by atoms with E-state index < -0.39 is 0 Å². The van der Waals surface area contributed by atoms with Crippen LogP contribution >= 0.6 is 0 Å². The Bertz CT molecular complexity index is 150. The van der Waals surface area contributed by atoms with Gasteiger partial charge in [-0.2, -0.15) is 0 Å². The highest BCUT2D eigenvalue weighted by Crippen LogP contribution is 2.13. The predicted octanol–water partition coefficient (Wildman–Crippen LogP) is 1.90. The molecule has 1 unspecified atom stereocenters. The van der Waals surface area contributed by atoms with E-state index >= 15 is 0 Å². The van der Waals surface area contributed by atoms with Gasteiger partial charge < -0.3 is 9.47 Å². The molecule has 1 rings (SSSR count). The van der Waals surface area contributed by atoms with Crippen LogP contribution in [0.2, 0.25) is 0 Å². The molecule has 1 aliphatic rings. The first-order valence-corrected chi connectivity index (χ1v) is 5.08. The lowest BCUT2D eigenvalue weighted by Crippen LogP contribution is -2.25. The van der Waals surface area contributed by atoms with Gasteiger partial charge in [0.2, 0.25) is 0 Å². The Kier molecular flexibility index (Phi) is 5.01. The smallest absolute Gasteiger partial charge is 0.158 e. The SMILES string of the molecule is CCCC(=O)COC1CCCCO1. The van der Waals surface area contributed by atoms with E-state index in [-0.39, 0.29) is 18.7 Å². The molecule has 0 aromatic rings. The highest BCUT2D eigenvalue weighted by Gasteiger charge is 2.14. The molecule has 0 radical (unpaired) electrons. The second kappa shape index (κ2) is 6.11. The molecule has 0 bridgehead atoms. The Balaban J connectivity index is 2.06. The van der Waals surface area contributed by atoms with Crippen LogP contribution in [-0.4, -0.2) is 25.3 Å². The van der Waals surface area contributed by atoms with E-state index in [1.807, 2.05) is 6.92 Å². The molecule has 0 aliphatic carbocycles. The lowest BCUT2D eigenvalue weighted by molar-refractivity contribution is -0.169. The van der Waals surface area contributed by atoms with Crippen molar-refractivity contribution in [2.24, 2.45) is 0 Å². The molecular weight excluding hydrogens is 168 g/mol. The number of ether oxygens (including phenoxy) is 2. The normalized spacial score (nSPS) is 23.0. The van der Waals surface area contributed by atoms with Crippen LogP contribution in [0.15, 0.2) is 0 Å². The zero-order valence-corrected chi connectivity index (χ0v) is 8.25. The average molecular weight is 186 g/mol. The van der Waals surface area contributed by atoms with Crippen molar-refractivity contribution in [3.63, 3.8) is 0 Å². The van der Waals surface area contributed by atoms with Gasteiger partial charge in [-0.1, -0.05) is 6.92 Å².